The Morgan fingerprint density at radius 3 is 2.64 bits per heavy atom. The predicted molar refractivity (Wildman–Crippen MR) is 56.3 cm³/mol. The van der Waals surface area contributed by atoms with E-state index in [9.17, 15) is 4.39 Å². The Morgan fingerprint density at radius 1 is 1.29 bits per heavy atom. The lowest BCUT2D eigenvalue weighted by atomic mass is 9.78. The molecular weight excluding hydrogens is 202 g/mol. The number of halogens is 1. The van der Waals surface area contributed by atoms with E-state index in [0.29, 0.717) is 5.39 Å². The first-order valence-electron chi connectivity index (χ1n) is 4.13. The lowest BCUT2D eigenvalue weighted by Crippen LogP contribution is -2.30. The number of thiophene rings is 1. The minimum absolute atomic E-state index is 0.226. The summed E-state index contributed by atoms with van der Waals surface area (Å²) in [6.07, 6.45) is 0. The van der Waals surface area contributed by atoms with Crippen molar-refractivity contribution in [3.05, 3.63) is 28.9 Å². The van der Waals surface area contributed by atoms with Crippen LogP contribution in [0.1, 0.15) is 4.88 Å². The monoisotopic (exact) mass is 210 g/mol. The molecule has 0 saturated carbocycles. The van der Waals surface area contributed by atoms with Gasteiger partial charge in [0.1, 0.15) is 5.82 Å². The molecule has 14 heavy (non-hydrogen) atoms. The topological polar surface area (TPSA) is 40.5 Å². The summed E-state index contributed by atoms with van der Waals surface area (Å²) in [7, 11) is -1.62. The van der Waals surface area contributed by atoms with Gasteiger partial charge < -0.3 is 10.0 Å². The van der Waals surface area contributed by atoms with Crippen molar-refractivity contribution in [3.8, 4) is 0 Å². The molecule has 2 N–H and O–H groups in total. The molecule has 0 bridgehead atoms. The minimum atomic E-state index is -1.62. The smallest absolute Gasteiger partial charge is 0.423 e. The summed E-state index contributed by atoms with van der Waals surface area (Å²) in [6.45, 7) is 1.90. The standard InChI is InChI=1S/C9H8BFO2S/c1-5-2-7-8(10(12)13)3-6(11)4-9(7)14-5/h2-4,12-13H,1H3. The van der Waals surface area contributed by atoms with Crippen LogP contribution in [0.3, 0.4) is 0 Å². The highest BCUT2D eigenvalue weighted by molar-refractivity contribution is 7.19. The Balaban J connectivity index is 2.79. The van der Waals surface area contributed by atoms with E-state index < -0.39 is 12.9 Å². The van der Waals surface area contributed by atoms with Crippen LogP contribution in [0.15, 0.2) is 18.2 Å². The van der Waals surface area contributed by atoms with E-state index in [2.05, 4.69) is 0 Å². The van der Waals surface area contributed by atoms with Gasteiger partial charge in [0, 0.05) is 9.58 Å². The summed E-state index contributed by atoms with van der Waals surface area (Å²) >= 11 is 1.44. The van der Waals surface area contributed by atoms with Gasteiger partial charge in [0.2, 0.25) is 0 Å². The van der Waals surface area contributed by atoms with Crippen molar-refractivity contribution in [1.82, 2.24) is 0 Å². The molecule has 5 heteroatoms. The van der Waals surface area contributed by atoms with Crippen molar-refractivity contribution in [2.45, 2.75) is 6.92 Å². The van der Waals surface area contributed by atoms with Crippen molar-refractivity contribution >= 4 is 34.0 Å². The maximum absolute atomic E-state index is 13.1. The number of rotatable bonds is 1. The second-order valence-corrected chi connectivity index (χ2v) is 4.43. The highest BCUT2D eigenvalue weighted by Crippen LogP contribution is 2.24. The SMILES string of the molecule is Cc1cc2c(B(O)O)cc(F)cc2s1. The summed E-state index contributed by atoms with van der Waals surface area (Å²) in [5.41, 5.74) is 0.226. The van der Waals surface area contributed by atoms with Gasteiger partial charge in [0.05, 0.1) is 0 Å². The number of hydrogen-bond donors (Lipinski definition) is 2. The van der Waals surface area contributed by atoms with E-state index in [-0.39, 0.29) is 5.46 Å². The van der Waals surface area contributed by atoms with Gasteiger partial charge >= 0.3 is 7.12 Å². The van der Waals surface area contributed by atoms with Crippen molar-refractivity contribution in [3.63, 3.8) is 0 Å². The van der Waals surface area contributed by atoms with Crippen molar-refractivity contribution < 1.29 is 14.4 Å². The first-order chi connectivity index (χ1) is 6.58. The van der Waals surface area contributed by atoms with Crippen LogP contribution in [0.5, 0.6) is 0 Å². The van der Waals surface area contributed by atoms with Crippen LogP contribution in [0.25, 0.3) is 10.1 Å². The van der Waals surface area contributed by atoms with Crippen LogP contribution >= 0.6 is 11.3 Å². The summed E-state index contributed by atoms with van der Waals surface area (Å²) < 4.78 is 13.8. The van der Waals surface area contributed by atoms with Gasteiger partial charge in [-0.25, -0.2) is 4.39 Å². The minimum Gasteiger partial charge on any atom is -0.423 e. The Hall–Kier alpha value is -0.905. The van der Waals surface area contributed by atoms with Gasteiger partial charge in [-0.15, -0.1) is 11.3 Å². The normalized spacial score (nSPS) is 10.9. The van der Waals surface area contributed by atoms with Crippen LogP contribution in [0, 0.1) is 12.7 Å². The molecule has 0 unspecified atom stereocenters. The summed E-state index contributed by atoms with van der Waals surface area (Å²) in [4.78, 5) is 1.02. The molecule has 72 valence electrons. The fourth-order valence-electron chi connectivity index (χ4n) is 1.47. The molecule has 0 atom stereocenters. The van der Waals surface area contributed by atoms with Crippen molar-refractivity contribution in [2.75, 3.05) is 0 Å². The van der Waals surface area contributed by atoms with Crippen molar-refractivity contribution in [1.29, 1.82) is 0 Å². The first kappa shape index (κ1) is 9.64. The number of aryl methyl sites for hydroxylation is 1. The summed E-state index contributed by atoms with van der Waals surface area (Å²) in [5.74, 6) is -0.442. The molecular formula is C9H8BFO2S. The van der Waals surface area contributed by atoms with Gasteiger partial charge in [0.15, 0.2) is 0 Å². The molecule has 2 aromatic rings. The number of hydrogen-bond acceptors (Lipinski definition) is 3. The van der Waals surface area contributed by atoms with E-state index in [1.54, 1.807) is 0 Å². The van der Waals surface area contributed by atoms with E-state index in [1.165, 1.54) is 17.4 Å². The number of fused-ring (bicyclic) bond motifs is 1. The largest absolute Gasteiger partial charge is 0.489 e. The van der Waals surface area contributed by atoms with Crippen LogP contribution in [0.4, 0.5) is 4.39 Å². The van der Waals surface area contributed by atoms with Crippen LogP contribution in [0.2, 0.25) is 0 Å². The van der Waals surface area contributed by atoms with Gasteiger partial charge in [-0.3, -0.25) is 0 Å². The summed E-state index contributed by atoms with van der Waals surface area (Å²) in [5, 5.41) is 18.8. The summed E-state index contributed by atoms with van der Waals surface area (Å²) in [6, 6.07) is 4.38. The third-order valence-corrected chi connectivity index (χ3v) is 3.03. The number of benzene rings is 1. The molecule has 1 heterocycles. The molecule has 0 fully saturated rings. The Labute approximate surface area is 84.8 Å². The van der Waals surface area contributed by atoms with E-state index >= 15 is 0 Å². The third kappa shape index (κ3) is 1.54. The average Bonchev–Trinajstić information content (AvgIpc) is 2.42. The zero-order valence-corrected chi connectivity index (χ0v) is 8.31. The fourth-order valence-corrected chi connectivity index (χ4v) is 2.45. The third-order valence-electron chi connectivity index (χ3n) is 2.04. The maximum atomic E-state index is 13.1. The molecule has 1 aromatic heterocycles. The molecule has 0 amide bonds. The fraction of sp³-hybridized carbons (Fsp3) is 0.111. The zero-order chi connectivity index (χ0) is 10.3. The quantitative estimate of drug-likeness (QED) is 0.690. The van der Waals surface area contributed by atoms with Gasteiger partial charge in [-0.1, -0.05) is 0 Å². The first-order valence-corrected chi connectivity index (χ1v) is 4.95. The molecule has 0 aliphatic rings. The second-order valence-electron chi connectivity index (χ2n) is 3.14. The van der Waals surface area contributed by atoms with Crippen LogP contribution in [-0.4, -0.2) is 17.2 Å². The highest BCUT2D eigenvalue weighted by atomic mass is 32.1. The van der Waals surface area contributed by atoms with Gasteiger partial charge in [0.25, 0.3) is 0 Å². The van der Waals surface area contributed by atoms with E-state index in [1.807, 2.05) is 13.0 Å². The lowest BCUT2D eigenvalue weighted by molar-refractivity contribution is 0.426. The van der Waals surface area contributed by atoms with E-state index in [0.717, 1.165) is 15.6 Å². The molecule has 2 nitrogen and oxygen atoms in total. The zero-order valence-electron chi connectivity index (χ0n) is 7.49. The Morgan fingerprint density at radius 2 is 2.00 bits per heavy atom. The molecule has 0 aliphatic heterocycles. The molecule has 0 aliphatic carbocycles. The highest BCUT2D eigenvalue weighted by Gasteiger charge is 2.17. The lowest BCUT2D eigenvalue weighted by Gasteiger charge is -2.01. The predicted octanol–water partition coefficient (Wildman–Crippen LogP) is 1.03. The van der Waals surface area contributed by atoms with Crippen LogP contribution < -0.4 is 5.46 Å². The van der Waals surface area contributed by atoms with Gasteiger partial charge in [-0.05, 0) is 36.0 Å². The van der Waals surface area contributed by atoms with Crippen molar-refractivity contribution in [2.24, 2.45) is 0 Å². The Kier molecular flexibility index (Phi) is 2.30. The molecule has 2 rings (SSSR count). The van der Waals surface area contributed by atoms with Gasteiger partial charge in [-0.2, -0.15) is 0 Å². The molecule has 0 saturated heterocycles. The molecule has 0 radical (unpaired) electrons. The average molecular weight is 210 g/mol. The molecule has 0 spiro atoms. The maximum Gasteiger partial charge on any atom is 0.489 e. The Bertz CT molecular complexity index is 481. The van der Waals surface area contributed by atoms with E-state index in [4.69, 9.17) is 10.0 Å². The molecule has 1 aromatic carbocycles. The second kappa shape index (κ2) is 3.35. The van der Waals surface area contributed by atoms with Crippen LogP contribution in [-0.2, 0) is 0 Å².